The third kappa shape index (κ3) is 3.70. The smallest absolute Gasteiger partial charge is 0.260 e. The van der Waals surface area contributed by atoms with E-state index in [4.69, 9.17) is 10.5 Å². The van der Waals surface area contributed by atoms with Crippen LogP contribution in [0.25, 0.3) is 0 Å². The fourth-order valence-corrected chi connectivity index (χ4v) is 2.25. The van der Waals surface area contributed by atoms with Gasteiger partial charge in [0.05, 0.1) is 0 Å². The lowest BCUT2D eigenvalue weighted by Crippen LogP contribution is -2.36. The van der Waals surface area contributed by atoms with E-state index < -0.39 is 0 Å². The highest BCUT2D eigenvalue weighted by Crippen LogP contribution is 2.26. The number of ether oxygens (including phenoxy) is 1. The molecule has 2 rings (SSSR count). The van der Waals surface area contributed by atoms with Gasteiger partial charge in [-0.2, -0.15) is 0 Å². The molecule has 2 N–H and O–H groups in total. The van der Waals surface area contributed by atoms with Crippen LogP contribution in [0.1, 0.15) is 25.3 Å². The predicted octanol–water partition coefficient (Wildman–Crippen LogP) is 1.58. The van der Waals surface area contributed by atoms with Crippen LogP contribution in [0.3, 0.4) is 0 Å². The third-order valence-corrected chi connectivity index (χ3v) is 3.39. The topological polar surface area (TPSA) is 55.6 Å². The van der Waals surface area contributed by atoms with Gasteiger partial charge in [-0.3, -0.25) is 4.79 Å². The second-order valence-corrected chi connectivity index (χ2v) is 4.85. The maximum absolute atomic E-state index is 12.1. The largest absolute Gasteiger partial charge is 0.483 e. The minimum Gasteiger partial charge on any atom is -0.483 e. The van der Waals surface area contributed by atoms with E-state index in [-0.39, 0.29) is 12.5 Å². The molecule has 4 nitrogen and oxygen atoms in total. The van der Waals surface area contributed by atoms with Crippen molar-refractivity contribution in [2.75, 3.05) is 19.7 Å². The Bertz CT molecular complexity index is 430. The summed E-state index contributed by atoms with van der Waals surface area (Å²) in [5.41, 5.74) is 6.63. The molecule has 0 unspecified atom stereocenters. The van der Waals surface area contributed by atoms with Gasteiger partial charge in [0.2, 0.25) is 0 Å². The number of rotatable bonds is 7. The normalized spacial score (nSPS) is 14.2. The van der Waals surface area contributed by atoms with Crippen LogP contribution in [0.4, 0.5) is 0 Å². The van der Waals surface area contributed by atoms with Crippen LogP contribution in [0.15, 0.2) is 24.3 Å². The van der Waals surface area contributed by atoms with Crippen LogP contribution >= 0.6 is 0 Å². The Hall–Kier alpha value is -1.55. The molecule has 1 fully saturated rings. The molecule has 0 radical (unpaired) electrons. The second kappa shape index (κ2) is 6.57. The molecule has 0 heterocycles. The van der Waals surface area contributed by atoms with E-state index in [0.717, 1.165) is 37.1 Å². The van der Waals surface area contributed by atoms with Crippen molar-refractivity contribution in [2.45, 2.75) is 32.2 Å². The minimum atomic E-state index is 0.0764. The number of carbonyl (C=O) groups excluding carboxylic acids is 1. The summed E-state index contributed by atoms with van der Waals surface area (Å²) < 4.78 is 5.67. The average molecular weight is 262 g/mol. The van der Waals surface area contributed by atoms with E-state index in [1.165, 1.54) is 0 Å². The number of hydrogen-bond donors (Lipinski definition) is 1. The summed E-state index contributed by atoms with van der Waals surface area (Å²) in [4.78, 5) is 14.0. The zero-order valence-corrected chi connectivity index (χ0v) is 11.5. The summed E-state index contributed by atoms with van der Waals surface area (Å²) in [5, 5.41) is 0. The molecule has 1 amide bonds. The Kier molecular flexibility index (Phi) is 4.80. The zero-order chi connectivity index (χ0) is 13.7. The van der Waals surface area contributed by atoms with Gasteiger partial charge >= 0.3 is 0 Å². The number of para-hydroxylation sites is 1. The fraction of sp³-hybridized carbons (Fsp3) is 0.533. The highest BCUT2D eigenvalue weighted by Gasteiger charge is 2.31. The van der Waals surface area contributed by atoms with E-state index in [9.17, 15) is 4.79 Å². The average Bonchev–Trinajstić information content (AvgIpc) is 3.24. The molecule has 1 saturated carbocycles. The molecule has 1 aromatic rings. The van der Waals surface area contributed by atoms with Gasteiger partial charge in [0, 0.05) is 12.6 Å². The van der Waals surface area contributed by atoms with Gasteiger partial charge in [0.15, 0.2) is 6.61 Å². The van der Waals surface area contributed by atoms with E-state index in [0.29, 0.717) is 12.6 Å². The maximum Gasteiger partial charge on any atom is 0.260 e. The Morgan fingerprint density at radius 1 is 1.42 bits per heavy atom. The monoisotopic (exact) mass is 262 g/mol. The Balaban J connectivity index is 1.92. The summed E-state index contributed by atoms with van der Waals surface area (Å²) >= 11 is 0. The van der Waals surface area contributed by atoms with Crippen molar-refractivity contribution < 1.29 is 9.53 Å². The highest BCUT2D eigenvalue weighted by molar-refractivity contribution is 5.78. The van der Waals surface area contributed by atoms with E-state index in [1.807, 2.05) is 36.1 Å². The fourth-order valence-electron chi connectivity index (χ4n) is 2.25. The first-order valence-corrected chi connectivity index (χ1v) is 6.96. The van der Waals surface area contributed by atoms with Crippen molar-refractivity contribution in [3.8, 4) is 5.75 Å². The SMILES string of the molecule is CCN(C(=O)COc1ccccc1CCN)C1CC1. The van der Waals surface area contributed by atoms with Crippen molar-refractivity contribution in [1.29, 1.82) is 0 Å². The minimum absolute atomic E-state index is 0.0764. The number of nitrogens with two attached hydrogens (primary N) is 1. The molecule has 1 aromatic carbocycles. The molecule has 4 heteroatoms. The molecular formula is C15H22N2O2. The number of likely N-dealkylation sites (N-methyl/N-ethyl adjacent to an activating group) is 1. The first-order chi connectivity index (χ1) is 9.26. The molecule has 0 atom stereocenters. The maximum atomic E-state index is 12.1. The molecule has 0 aliphatic heterocycles. The van der Waals surface area contributed by atoms with Crippen molar-refractivity contribution in [3.05, 3.63) is 29.8 Å². The Morgan fingerprint density at radius 2 is 2.16 bits per heavy atom. The lowest BCUT2D eigenvalue weighted by atomic mass is 10.1. The van der Waals surface area contributed by atoms with E-state index in [1.54, 1.807) is 0 Å². The van der Waals surface area contributed by atoms with Crippen molar-refractivity contribution >= 4 is 5.91 Å². The van der Waals surface area contributed by atoms with Crippen molar-refractivity contribution in [3.63, 3.8) is 0 Å². The van der Waals surface area contributed by atoms with Gasteiger partial charge in [-0.15, -0.1) is 0 Å². The van der Waals surface area contributed by atoms with Gasteiger partial charge in [0.1, 0.15) is 5.75 Å². The summed E-state index contributed by atoms with van der Waals surface area (Å²) in [6, 6.07) is 8.21. The standard InChI is InChI=1S/C15H22N2O2/c1-2-17(13-7-8-13)15(18)11-19-14-6-4-3-5-12(14)9-10-16/h3-6,13H,2,7-11,16H2,1H3. The molecule has 0 spiro atoms. The number of hydrogen-bond acceptors (Lipinski definition) is 3. The van der Waals surface area contributed by atoms with Crippen LogP contribution in [0, 0.1) is 0 Å². The Labute approximate surface area is 114 Å². The lowest BCUT2D eigenvalue weighted by molar-refractivity contribution is -0.133. The second-order valence-electron chi connectivity index (χ2n) is 4.85. The van der Waals surface area contributed by atoms with Crippen LogP contribution in [0.2, 0.25) is 0 Å². The summed E-state index contributed by atoms with van der Waals surface area (Å²) in [5.74, 6) is 0.848. The first-order valence-electron chi connectivity index (χ1n) is 6.96. The number of amides is 1. The van der Waals surface area contributed by atoms with Crippen LogP contribution < -0.4 is 10.5 Å². The molecule has 1 aliphatic rings. The molecule has 0 bridgehead atoms. The molecule has 19 heavy (non-hydrogen) atoms. The molecule has 1 aliphatic carbocycles. The van der Waals surface area contributed by atoms with Crippen molar-refractivity contribution in [1.82, 2.24) is 4.90 Å². The molecular weight excluding hydrogens is 240 g/mol. The molecule has 104 valence electrons. The van der Waals surface area contributed by atoms with Gasteiger partial charge in [0.25, 0.3) is 5.91 Å². The lowest BCUT2D eigenvalue weighted by Gasteiger charge is -2.20. The number of nitrogens with zero attached hydrogens (tertiary/aromatic N) is 1. The van der Waals surface area contributed by atoms with Crippen LogP contribution in [-0.4, -0.2) is 36.5 Å². The predicted molar refractivity (Wildman–Crippen MR) is 75.1 cm³/mol. The van der Waals surface area contributed by atoms with Gasteiger partial charge < -0.3 is 15.4 Å². The number of benzene rings is 1. The number of carbonyl (C=O) groups is 1. The summed E-state index contributed by atoms with van der Waals surface area (Å²) in [6.45, 7) is 3.47. The zero-order valence-electron chi connectivity index (χ0n) is 11.5. The quantitative estimate of drug-likeness (QED) is 0.811. The summed E-state index contributed by atoms with van der Waals surface area (Å²) in [6.07, 6.45) is 3.02. The first kappa shape index (κ1) is 13.9. The summed E-state index contributed by atoms with van der Waals surface area (Å²) in [7, 11) is 0. The Morgan fingerprint density at radius 3 is 2.79 bits per heavy atom. The van der Waals surface area contributed by atoms with Gasteiger partial charge in [-0.25, -0.2) is 0 Å². The van der Waals surface area contributed by atoms with Crippen LogP contribution in [-0.2, 0) is 11.2 Å². The van der Waals surface area contributed by atoms with E-state index in [2.05, 4.69) is 0 Å². The highest BCUT2D eigenvalue weighted by atomic mass is 16.5. The van der Waals surface area contributed by atoms with Gasteiger partial charge in [-0.05, 0) is 44.4 Å². The van der Waals surface area contributed by atoms with E-state index >= 15 is 0 Å². The van der Waals surface area contributed by atoms with Crippen molar-refractivity contribution in [2.24, 2.45) is 5.73 Å². The van der Waals surface area contributed by atoms with Crippen LogP contribution in [0.5, 0.6) is 5.75 Å². The van der Waals surface area contributed by atoms with Gasteiger partial charge in [-0.1, -0.05) is 18.2 Å². The molecule has 0 saturated heterocycles. The molecule has 0 aromatic heterocycles. The third-order valence-electron chi connectivity index (χ3n) is 3.39.